The van der Waals surface area contributed by atoms with E-state index in [0.717, 1.165) is 6.42 Å². The minimum absolute atomic E-state index is 0.0277. The standard InChI is InChI=1S/C11H13Cl2NO/c1-3-7(2)11(15)14-9-6-4-5-8(12)10(9)13/h4-7H,3H2,1-2H3,(H,14,15). The Morgan fingerprint density at radius 2 is 2.13 bits per heavy atom. The van der Waals surface area contributed by atoms with Crippen LogP contribution in [0, 0.1) is 5.92 Å². The van der Waals surface area contributed by atoms with Crippen molar-refractivity contribution in [3.05, 3.63) is 28.2 Å². The van der Waals surface area contributed by atoms with Gasteiger partial charge in [-0.2, -0.15) is 0 Å². The second kappa shape index (κ2) is 5.38. The van der Waals surface area contributed by atoms with Crippen molar-refractivity contribution in [2.75, 3.05) is 5.32 Å². The van der Waals surface area contributed by atoms with Gasteiger partial charge in [0.2, 0.25) is 5.91 Å². The van der Waals surface area contributed by atoms with Crippen molar-refractivity contribution in [1.29, 1.82) is 0 Å². The van der Waals surface area contributed by atoms with E-state index >= 15 is 0 Å². The van der Waals surface area contributed by atoms with E-state index in [4.69, 9.17) is 23.2 Å². The van der Waals surface area contributed by atoms with Gasteiger partial charge in [-0.15, -0.1) is 0 Å². The molecule has 0 aliphatic heterocycles. The Bertz CT molecular complexity index is 366. The number of nitrogens with one attached hydrogen (secondary N) is 1. The minimum Gasteiger partial charge on any atom is -0.324 e. The van der Waals surface area contributed by atoms with Crippen LogP contribution in [0.5, 0.6) is 0 Å². The summed E-state index contributed by atoms with van der Waals surface area (Å²) < 4.78 is 0. The zero-order valence-electron chi connectivity index (χ0n) is 8.68. The first-order chi connectivity index (χ1) is 7.06. The normalized spacial score (nSPS) is 12.3. The van der Waals surface area contributed by atoms with Crippen molar-refractivity contribution in [1.82, 2.24) is 0 Å². The van der Waals surface area contributed by atoms with E-state index in [0.29, 0.717) is 15.7 Å². The van der Waals surface area contributed by atoms with Crippen LogP contribution in [0.3, 0.4) is 0 Å². The highest BCUT2D eigenvalue weighted by atomic mass is 35.5. The number of amides is 1. The molecule has 0 saturated carbocycles. The molecule has 0 saturated heterocycles. The molecular weight excluding hydrogens is 233 g/mol. The van der Waals surface area contributed by atoms with Crippen molar-refractivity contribution in [3.8, 4) is 0 Å². The number of halogens is 2. The molecule has 4 heteroatoms. The van der Waals surface area contributed by atoms with Crippen molar-refractivity contribution in [2.45, 2.75) is 20.3 Å². The molecule has 0 aliphatic carbocycles. The maximum Gasteiger partial charge on any atom is 0.227 e. The molecule has 2 nitrogen and oxygen atoms in total. The van der Waals surface area contributed by atoms with E-state index < -0.39 is 0 Å². The summed E-state index contributed by atoms with van der Waals surface area (Å²) in [6, 6.07) is 5.16. The van der Waals surface area contributed by atoms with Crippen LogP contribution in [0.2, 0.25) is 10.0 Å². The highest BCUT2D eigenvalue weighted by molar-refractivity contribution is 6.43. The third-order valence-corrected chi connectivity index (χ3v) is 3.09. The van der Waals surface area contributed by atoms with Crippen LogP contribution in [0.1, 0.15) is 20.3 Å². The first kappa shape index (κ1) is 12.3. The van der Waals surface area contributed by atoms with E-state index in [2.05, 4.69) is 5.32 Å². The number of carbonyl (C=O) groups excluding carboxylic acids is 1. The van der Waals surface area contributed by atoms with Gasteiger partial charge in [-0.05, 0) is 18.6 Å². The molecule has 0 bridgehead atoms. The van der Waals surface area contributed by atoms with Gasteiger partial charge in [-0.3, -0.25) is 4.79 Å². The summed E-state index contributed by atoms with van der Waals surface area (Å²) in [5, 5.41) is 3.57. The molecule has 1 aromatic rings. The van der Waals surface area contributed by atoms with Gasteiger partial charge in [0.25, 0.3) is 0 Å². The highest BCUT2D eigenvalue weighted by Gasteiger charge is 2.12. The predicted molar refractivity (Wildman–Crippen MR) is 64.5 cm³/mol. The molecule has 0 heterocycles. The van der Waals surface area contributed by atoms with E-state index in [1.165, 1.54) is 0 Å². The zero-order chi connectivity index (χ0) is 11.4. The van der Waals surface area contributed by atoms with E-state index in [1.807, 2.05) is 13.8 Å². The fraction of sp³-hybridized carbons (Fsp3) is 0.364. The summed E-state index contributed by atoms with van der Waals surface area (Å²) >= 11 is 11.8. The molecule has 0 radical (unpaired) electrons. The van der Waals surface area contributed by atoms with Gasteiger partial charge in [0.1, 0.15) is 0 Å². The lowest BCUT2D eigenvalue weighted by Gasteiger charge is -2.11. The summed E-state index contributed by atoms with van der Waals surface area (Å²) in [5.74, 6) is -0.0679. The van der Waals surface area contributed by atoms with Gasteiger partial charge >= 0.3 is 0 Å². The van der Waals surface area contributed by atoms with Crippen molar-refractivity contribution < 1.29 is 4.79 Å². The number of benzene rings is 1. The highest BCUT2D eigenvalue weighted by Crippen LogP contribution is 2.29. The molecule has 0 aromatic heterocycles. The molecular formula is C11H13Cl2NO. The summed E-state index contributed by atoms with van der Waals surface area (Å²) in [4.78, 5) is 11.6. The smallest absolute Gasteiger partial charge is 0.227 e. The molecule has 82 valence electrons. The molecule has 1 rings (SSSR count). The van der Waals surface area contributed by atoms with Crippen LogP contribution in [0.15, 0.2) is 18.2 Å². The van der Waals surface area contributed by atoms with Crippen LogP contribution in [0.4, 0.5) is 5.69 Å². The monoisotopic (exact) mass is 245 g/mol. The average Bonchev–Trinajstić information content (AvgIpc) is 2.23. The van der Waals surface area contributed by atoms with Gasteiger partial charge in [-0.25, -0.2) is 0 Å². The lowest BCUT2D eigenvalue weighted by molar-refractivity contribution is -0.119. The average molecular weight is 246 g/mol. The van der Waals surface area contributed by atoms with Crippen LogP contribution in [0.25, 0.3) is 0 Å². The SMILES string of the molecule is CCC(C)C(=O)Nc1cccc(Cl)c1Cl. The molecule has 15 heavy (non-hydrogen) atoms. The van der Waals surface area contributed by atoms with Crippen LogP contribution in [-0.2, 0) is 4.79 Å². The zero-order valence-corrected chi connectivity index (χ0v) is 10.2. The molecule has 1 unspecified atom stereocenters. The van der Waals surface area contributed by atoms with Gasteiger partial charge in [0.15, 0.2) is 0 Å². The molecule has 1 amide bonds. The number of rotatable bonds is 3. The Morgan fingerprint density at radius 3 is 2.73 bits per heavy atom. The van der Waals surface area contributed by atoms with Gasteiger partial charge in [0.05, 0.1) is 15.7 Å². The third kappa shape index (κ3) is 3.11. The lowest BCUT2D eigenvalue weighted by atomic mass is 10.1. The maximum atomic E-state index is 11.6. The minimum atomic E-state index is -0.0401. The van der Waals surface area contributed by atoms with Crippen molar-refractivity contribution in [3.63, 3.8) is 0 Å². The van der Waals surface area contributed by atoms with Crippen molar-refractivity contribution in [2.24, 2.45) is 5.92 Å². The molecule has 1 atom stereocenters. The molecule has 1 aromatic carbocycles. The molecule has 0 aliphatic rings. The van der Waals surface area contributed by atoms with E-state index in [1.54, 1.807) is 18.2 Å². The topological polar surface area (TPSA) is 29.1 Å². The fourth-order valence-electron chi connectivity index (χ4n) is 1.04. The van der Waals surface area contributed by atoms with Gasteiger partial charge in [0, 0.05) is 5.92 Å². The molecule has 1 N–H and O–H groups in total. The first-order valence-electron chi connectivity index (χ1n) is 4.81. The molecule has 0 fully saturated rings. The number of anilines is 1. The van der Waals surface area contributed by atoms with E-state index in [9.17, 15) is 4.79 Å². The second-order valence-electron chi connectivity index (χ2n) is 3.40. The Hall–Kier alpha value is -0.730. The Balaban J connectivity index is 2.81. The van der Waals surface area contributed by atoms with Crippen LogP contribution in [-0.4, -0.2) is 5.91 Å². The quantitative estimate of drug-likeness (QED) is 0.858. The summed E-state index contributed by atoms with van der Waals surface area (Å²) in [6.45, 7) is 3.83. The van der Waals surface area contributed by atoms with Crippen molar-refractivity contribution >= 4 is 34.8 Å². The number of hydrogen-bond donors (Lipinski definition) is 1. The fourth-order valence-corrected chi connectivity index (χ4v) is 1.39. The maximum absolute atomic E-state index is 11.6. The Morgan fingerprint density at radius 1 is 1.47 bits per heavy atom. The third-order valence-electron chi connectivity index (χ3n) is 2.27. The van der Waals surface area contributed by atoms with Crippen LogP contribution < -0.4 is 5.32 Å². The largest absolute Gasteiger partial charge is 0.324 e. The summed E-state index contributed by atoms with van der Waals surface area (Å²) in [5.41, 5.74) is 0.564. The summed E-state index contributed by atoms with van der Waals surface area (Å²) in [7, 11) is 0. The first-order valence-corrected chi connectivity index (χ1v) is 5.56. The second-order valence-corrected chi connectivity index (χ2v) is 4.19. The van der Waals surface area contributed by atoms with Gasteiger partial charge < -0.3 is 5.32 Å². The summed E-state index contributed by atoms with van der Waals surface area (Å²) in [6.07, 6.45) is 0.796. The number of hydrogen-bond acceptors (Lipinski definition) is 1. The Kier molecular flexibility index (Phi) is 4.43. The van der Waals surface area contributed by atoms with E-state index in [-0.39, 0.29) is 11.8 Å². The number of carbonyl (C=O) groups is 1. The predicted octanol–water partition coefficient (Wildman–Crippen LogP) is 3.98. The van der Waals surface area contributed by atoms with Gasteiger partial charge in [-0.1, -0.05) is 43.1 Å². The molecule has 0 spiro atoms. The lowest BCUT2D eigenvalue weighted by Crippen LogP contribution is -2.19. The van der Waals surface area contributed by atoms with Crippen LogP contribution >= 0.6 is 23.2 Å². The Labute approximate surface area is 99.6 Å².